The van der Waals surface area contributed by atoms with E-state index < -0.39 is 17.7 Å². The second-order valence-electron chi connectivity index (χ2n) is 4.55. The summed E-state index contributed by atoms with van der Waals surface area (Å²) in [5.41, 5.74) is 1.12. The van der Waals surface area contributed by atoms with Gasteiger partial charge >= 0.3 is 5.97 Å². The summed E-state index contributed by atoms with van der Waals surface area (Å²) in [6, 6.07) is 13.0. The summed E-state index contributed by atoms with van der Waals surface area (Å²) in [6.45, 7) is -0.533. The normalized spacial score (nSPS) is 10.0. The maximum Gasteiger partial charge on any atom is 0.325 e. The number of hydrogen-bond donors (Lipinski definition) is 2. The molecule has 120 valence electrons. The topological polar surface area (TPSA) is 67.4 Å². The van der Waals surface area contributed by atoms with Gasteiger partial charge in [0.05, 0.1) is 5.69 Å². The first-order valence-electron chi connectivity index (χ1n) is 6.74. The van der Waals surface area contributed by atoms with Crippen LogP contribution >= 0.6 is 22.6 Å². The van der Waals surface area contributed by atoms with Crippen LogP contribution in [0.25, 0.3) is 0 Å². The van der Waals surface area contributed by atoms with Crippen molar-refractivity contribution in [3.8, 4) is 0 Å². The van der Waals surface area contributed by atoms with Gasteiger partial charge in [-0.25, -0.2) is 4.39 Å². The fourth-order valence-electron chi connectivity index (χ4n) is 1.72. The van der Waals surface area contributed by atoms with Crippen LogP contribution in [0.4, 0.5) is 15.8 Å². The monoisotopic (exact) mass is 428 g/mol. The SMILES string of the molecule is O=C(COC(=O)CNc1cccc(F)c1)Nc1ccccc1I. The van der Waals surface area contributed by atoms with Gasteiger partial charge in [0, 0.05) is 9.26 Å². The summed E-state index contributed by atoms with van der Waals surface area (Å²) in [4.78, 5) is 23.3. The molecule has 0 unspecified atom stereocenters. The number of benzene rings is 2. The Labute approximate surface area is 146 Å². The zero-order valence-corrected chi connectivity index (χ0v) is 14.2. The van der Waals surface area contributed by atoms with Crippen molar-refractivity contribution in [2.24, 2.45) is 0 Å². The van der Waals surface area contributed by atoms with Gasteiger partial charge in [0.2, 0.25) is 0 Å². The number of rotatable bonds is 6. The molecule has 0 aliphatic heterocycles. The van der Waals surface area contributed by atoms with E-state index in [2.05, 4.69) is 33.2 Å². The minimum atomic E-state index is -0.604. The molecule has 0 atom stereocenters. The van der Waals surface area contributed by atoms with E-state index in [4.69, 9.17) is 4.74 Å². The van der Waals surface area contributed by atoms with E-state index in [1.165, 1.54) is 18.2 Å². The third-order valence-corrected chi connectivity index (χ3v) is 3.71. The van der Waals surface area contributed by atoms with E-state index in [0.717, 1.165) is 3.57 Å². The summed E-state index contributed by atoms with van der Waals surface area (Å²) < 4.78 is 18.7. The van der Waals surface area contributed by atoms with Crippen LogP contribution in [0.3, 0.4) is 0 Å². The molecular weight excluding hydrogens is 414 g/mol. The number of ether oxygens (including phenoxy) is 1. The summed E-state index contributed by atoms with van der Waals surface area (Å²) in [6.07, 6.45) is 0. The van der Waals surface area contributed by atoms with Gasteiger partial charge in [-0.05, 0) is 52.9 Å². The predicted octanol–water partition coefficient (Wildman–Crippen LogP) is 3.02. The number of esters is 1. The van der Waals surface area contributed by atoms with Crippen molar-refractivity contribution in [1.29, 1.82) is 0 Å². The number of nitrogens with one attached hydrogen (secondary N) is 2. The van der Waals surface area contributed by atoms with Crippen LogP contribution in [0.5, 0.6) is 0 Å². The Morgan fingerprint density at radius 2 is 1.91 bits per heavy atom. The van der Waals surface area contributed by atoms with Crippen molar-refractivity contribution in [2.45, 2.75) is 0 Å². The predicted molar refractivity (Wildman–Crippen MR) is 93.6 cm³/mol. The highest BCUT2D eigenvalue weighted by Crippen LogP contribution is 2.16. The lowest BCUT2D eigenvalue weighted by Gasteiger charge is -2.09. The first-order valence-corrected chi connectivity index (χ1v) is 7.82. The number of amides is 1. The molecular formula is C16H14FIN2O3. The van der Waals surface area contributed by atoms with Gasteiger partial charge in [0.15, 0.2) is 6.61 Å². The van der Waals surface area contributed by atoms with Crippen LogP contribution in [-0.4, -0.2) is 25.0 Å². The van der Waals surface area contributed by atoms with Gasteiger partial charge < -0.3 is 15.4 Å². The van der Waals surface area contributed by atoms with Crippen molar-refractivity contribution in [3.05, 3.63) is 57.9 Å². The first-order chi connectivity index (χ1) is 11.0. The number of hydrogen-bond acceptors (Lipinski definition) is 4. The van der Waals surface area contributed by atoms with E-state index in [1.54, 1.807) is 18.2 Å². The zero-order valence-electron chi connectivity index (χ0n) is 12.0. The van der Waals surface area contributed by atoms with Crippen molar-refractivity contribution in [2.75, 3.05) is 23.8 Å². The van der Waals surface area contributed by atoms with Gasteiger partial charge in [-0.2, -0.15) is 0 Å². The maximum atomic E-state index is 13.0. The Morgan fingerprint density at radius 1 is 1.13 bits per heavy atom. The molecule has 2 N–H and O–H groups in total. The van der Waals surface area contributed by atoms with Crippen LogP contribution in [-0.2, 0) is 14.3 Å². The number of anilines is 2. The molecule has 23 heavy (non-hydrogen) atoms. The lowest BCUT2D eigenvalue weighted by molar-refractivity contribution is -0.145. The highest BCUT2D eigenvalue weighted by molar-refractivity contribution is 14.1. The summed E-state index contributed by atoms with van der Waals surface area (Å²) in [5.74, 6) is -1.43. The molecule has 0 aliphatic rings. The Balaban J connectivity index is 1.74. The van der Waals surface area contributed by atoms with E-state index >= 15 is 0 Å². The smallest absolute Gasteiger partial charge is 0.325 e. The van der Waals surface area contributed by atoms with Gasteiger partial charge in [0.1, 0.15) is 12.4 Å². The molecule has 0 fully saturated rings. The third-order valence-electron chi connectivity index (χ3n) is 2.77. The zero-order chi connectivity index (χ0) is 16.7. The molecule has 0 saturated carbocycles. The highest BCUT2D eigenvalue weighted by atomic mass is 127. The average Bonchev–Trinajstić information content (AvgIpc) is 2.53. The number of carbonyl (C=O) groups is 2. The van der Waals surface area contributed by atoms with Gasteiger partial charge in [-0.3, -0.25) is 9.59 Å². The third kappa shape index (κ3) is 5.85. The van der Waals surface area contributed by atoms with Crippen molar-refractivity contribution in [3.63, 3.8) is 0 Å². The van der Waals surface area contributed by atoms with E-state index in [1.807, 2.05) is 12.1 Å². The van der Waals surface area contributed by atoms with Gasteiger partial charge in [-0.15, -0.1) is 0 Å². The standard InChI is InChI=1S/C16H14FIN2O3/c17-11-4-3-5-12(8-11)19-9-16(22)23-10-15(21)20-14-7-2-1-6-13(14)18/h1-8,19H,9-10H2,(H,20,21). The molecule has 7 heteroatoms. The van der Waals surface area contributed by atoms with Crippen LogP contribution < -0.4 is 10.6 Å². The molecule has 0 radical (unpaired) electrons. The summed E-state index contributed by atoms with van der Waals surface area (Å²) in [7, 11) is 0. The molecule has 5 nitrogen and oxygen atoms in total. The molecule has 0 aromatic heterocycles. The summed E-state index contributed by atoms with van der Waals surface area (Å²) >= 11 is 2.09. The van der Waals surface area contributed by atoms with E-state index in [0.29, 0.717) is 11.4 Å². The Hall–Kier alpha value is -2.16. The fraction of sp³-hybridized carbons (Fsp3) is 0.125. The summed E-state index contributed by atoms with van der Waals surface area (Å²) in [5, 5.41) is 5.37. The Kier molecular flexibility index (Phi) is 6.33. The first kappa shape index (κ1) is 17.2. The molecule has 2 rings (SSSR count). The van der Waals surface area contributed by atoms with Crippen molar-refractivity contribution >= 4 is 45.8 Å². The van der Waals surface area contributed by atoms with Gasteiger partial charge in [-0.1, -0.05) is 18.2 Å². The Morgan fingerprint density at radius 3 is 2.65 bits per heavy atom. The molecule has 0 aliphatic carbocycles. The van der Waals surface area contributed by atoms with E-state index in [-0.39, 0.29) is 13.2 Å². The molecule has 0 saturated heterocycles. The average molecular weight is 428 g/mol. The van der Waals surface area contributed by atoms with Crippen LogP contribution in [0.15, 0.2) is 48.5 Å². The minimum absolute atomic E-state index is 0.153. The second kappa shape index (κ2) is 8.47. The molecule has 0 bridgehead atoms. The molecule has 1 amide bonds. The lowest BCUT2D eigenvalue weighted by Crippen LogP contribution is -2.24. The minimum Gasteiger partial charge on any atom is -0.454 e. The largest absolute Gasteiger partial charge is 0.454 e. The van der Waals surface area contributed by atoms with Crippen molar-refractivity contribution < 1.29 is 18.7 Å². The quantitative estimate of drug-likeness (QED) is 0.549. The van der Waals surface area contributed by atoms with Crippen LogP contribution in [0.2, 0.25) is 0 Å². The maximum absolute atomic E-state index is 13.0. The van der Waals surface area contributed by atoms with Crippen molar-refractivity contribution in [1.82, 2.24) is 0 Å². The molecule has 0 heterocycles. The Bertz CT molecular complexity index is 709. The van der Waals surface area contributed by atoms with Gasteiger partial charge in [0.25, 0.3) is 5.91 Å². The molecule has 2 aromatic carbocycles. The number of halogens is 2. The van der Waals surface area contributed by atoms with Crippen LogP contribution in [0.1, 0.15) is 0 Å². The number of carbonyl (C=O) groups excluding carboxylic acids is 2. The van der Waals surface area contributed by atoms with Crippen LogP contribution in [0, 0.1) is 9.39 Å². The highest BCUT2D eigenvalue weighted by Gasteiger charge is 2.09. The molecule has 2 aromatic rings. The molecule has 0 spiro atoms. The van der Waals surface area contributed by atoms with E-state index in [9.17, 15) is 14.0 Å². The fourth-order valence-corrected chi connectivity index (χ4v) is 2.24. The number of para-hydroxylation sites is 1. The lowest BCUT2D eigenvalue weighted by atomic mass is 10.3. The second-order valence-corrected chi connectivity index (χ2v) is 5.71.